The molecule has 0 bridgehead atoms. The predicted octanol–water partition coefficient (Wildman–Crippen LogP) is 2.25. The van der Waals surface area contributed by atoms with Crippen LogP contribution in [0.1, 0.15) is 5.56 Å². The maximum absolute atomic E-state index is 12.7. The number of hydrogen-bond donors (Lipinski definition) is 0. The quantitative estimate of drug-likeness (QED) is 0.727. The van der Waals surface area contributed by atoms with Crippen molar-refractivity contribution in [3.05, 3.63) is 48.0 Å². The molecule has 0 spiro atoms. The van der Waals surface area contributed by atoms with E-state index in [0.29, 0.717) is 26.3 Å². The van der Waals surface area contributed by atoms with Gasteiger partial charge in [0.2, 0.25) is 5.91 Å². The molecule has 2 aromatic carbocycles. The first-order valence-electron chi connectivity index (χ1n) is 10.4. The number of piperazine rings is 1. The molecule has 1 saturated heterocycles. The Labute approximate surface area is 177 Å². The van der Waals surface area contributed by atoms with Crippen LogP contribution in [0.15, 0.2) is 42.5 Å². The van der Waals surface area contributed by atoms with Crippen LogP contribution in [0.2, 0.25) is 0 Å². The number of benzene rings is 2. The zero-order valence-electron chi connectivity index (χ0n) is 17.7. The molecule has 0 radical (unpaired) electrons. The molecule has 1 fully saturated rings. The number of hydrogen-bond acceptors (Lipinski definition) is 6. The Hall–Kier alpha value is -2.93. The van der Waals surface area contributed by atoms with E-state index in [0.717, 1.165) is 49.0 Å². The van der Waals surface area contributed by atoms with E-state index in [1.807, 2.05) is 37.4 Å². The smallest absolute Gasteiger partial charge is 0.236 e. The highest BCUT2D eigenvalue weighted by atomic mass is 16.6. The molecular formula is C23H29N3O4. The van der Waals surface area contributed by atoms with Gasteiger partial charge in [-0.05, 0) is 42.0 Å². The lowest BCUT2D eigenvalue weighted by atomic mass is 10.2. The third-order valence-corrected chi connectivity index (χ3v) is 5.62. The predicted molar refractivity (Wildman–Crippen MR) is 116 cm³/mol. The summed E-state index contributed by atoms with van der Waals surface area (Å²) in [5.41, 5.74) is 2.23. The Morgan fingerprint density at radius 1 is 1.00 bits per heavy atom. The number of ether oxygens (including phenoxy) is 3. The lowest BCUT2D eigenvalue weighted by Gasteiger charge is -2.36. The highest BCUT2D eigenvalue weighted by molar-refractivity contribution is 5.78. The Balaban J connectivity index is 1.26. The summed E-state index contributed by atoms with van der Waals surface area (Å²) < 4.78 is 16.4. The third kappa shape index (κ3) is 4.79. The molecule has 0 atom stereocenters. The molecule has 0 unspecified atom stereocenters. The summed E-state index contributed by atoms with van der Waals surface area (Å²) >= 11 is 0. The fraction of sp³-hybridized carbons (Fsp3) is 0.435. The van der Waals surface area contributed by atoms with E-state index in [-0.39, 0.29) is 5.91 Å². The van der Waals surface area contributed by atoms with Gasteiger partial charge >= 0.3 is 0 Å². The zero-order chi connectivity index (χ0) is 20.9. The second-order valence-corrected chi connectivity index (χ2v) is 7.69. The molecule has 2 aromatic rings. The van der Waals surface area contributed by atoms with Gasteiger partial charge in [-0.15, -0.1) is 0 Å². The van der Waals surface area contributed by atoms with Gasteiger partial charge in [-0.25, -0.2) is 0 Å². The van der Waals surface area contributed by atoms with Gasteiger partial charge in [0.25, 0.3) is 0 Å². The lowest BCUT2D eigenvalue weighted by molar-refractivity contribution is -0.131. The van der Waals surface area contributed by atoms with E-state index in [9.17, 15) is 4.79 Å². The minimum atomic E-state index is 0.128. The van der Waals surface area contributed by atoms with Crippen LogP contribution in [-0.2, 0) is 11.3 Å². The number of nitrogens with zero attached hydrogens (tertiary/aromatic N) is 3. The molecule has 2 aliphatic rings. The van der Waals surface area contributed by atoms with Gasteiger partial charge < -0.3 is 24.0 Å². The van der Waals surface area contributed by atoms with Crippen molar-refractivity contribution < 1.29 is 19.0 Å². The van der Waals surface area contributed by atoms with Crippen molar-refractivity contribution in [2.45, 2.75) is 6.54 Å². The zero-order valence-corrected chi connectivity index (χ0v) is 17.7. The molecule has 0 saturated carbocycles. The maximum Gasteiger partial charge on any atom is 0.236 e. The molecule has 0 aromatic heterocycles. The Kier molecular flexibility index (Phi) is 6.28. The van der Waals surface area contributed by atoms with Crippen molar-refractivity contribution in [2.24, 2.45) is 0 Å². The normalized spacial score (nSPS) is 16.3. The first-order valence-corrected chi connectivity index (χ1v) is 10.4. The average molecular weight is 412 g/mol. The minimum absolute atomic E-state index is 0.128. The number of likely N-dealkylation sites (N-methyl/N-ethyl adjacent to an activating group) is 1. The van der Waals surface area contributed by atoms with Crippen LogP contribution >= 0.6 is 0 Å². The van der Waals surface area contributed by atoms with Crippen LogP contribution in [0.3, 0.4) is 0 Å². The molecule has 2 heterocycles. The summed E-state index contributed by atoms with van der Waals surface area (Å²) in [6.45, 7) is 5.70. The highest BCUT2D eigenvalue weighted by Gasteiger charge is 2.21. The second-order valence-electron chi connectivity index (χ2n) is 7.69. The SMILES string of the molecule is COc1ccc(N2CCN(CC(=O)N(C)Cc3ccc4c(c3)OCCO4)CC2)cc1. The van der Waals surface area contributed by atoms with Crippen LogP contribution in [-0.4, -0.2) is 75.8 Å². The van der Waals surface area contributed by atoms with Gasteiger partial charge in [0, 0.05) is 45.5 Å². The van der Waals surface area contributed by atoms with E-state index in [1.54, 1.807) is 12.0 Å². The second kappa shape index (κ2) is 9.26. The summed E-state index contributed by atoms with van der Waals surface area (Å²) in [6.07, 6.45) is 0. The minimum Gasteiger partial charge on any atom is -0.497 e. The van der Waals surface area contributed by atoms with Gasteiger partial charge in [0.05, 0.1) is 13.7 Å². The van der Waals surface area contributed by atoms with E-state index in [2.05, 4.69) is 21.9 Å². The van der Waals surface area contributed by atoms with E-state index in [1.165, 1.54) is 5.69 Å². The molecule has 4 rings (SSSR count). The monoisotopic (exact) mass is 411 g/mol. The molecule has 7 nitrogen and oxygen atoms in total. The first kappa shape index (κ1) is 20.3. The average Bonchev–Trinajstić information content (AvgIpc) is 2.79. The molecule has 160 valence electrons. The largest absolute Gasteiger partial charge is 0.497 e. The van der Waals surface area contributed by atoms with Gasteiger partial charge in [-0.1, -0.05) is 6.07 Å². The fourth-order valence-corrected chi connectivity index (χ4v) is 3.82. The maximum atomic E-state index is 12.7. The van der Waals surface area contributed by atoms with Crippen molar-refractivity contribution in [2.75, 3.05) is 65.0 Å². The summed E-state index contributed by atoms with van der Waals surface area (Å²) in [5, 5.41) is 0. The summed E-state index contributed by atoms with van der Waals surface area (Å²) in [6, 6.07) is 14.0. The number of amides is 1. The number of anilines is 1. The lowest BCUT2D eigenvalue weighted by Crippen LogP contribution is -2.49. The van der Waals surface area contributed by atoms with Gasteiger partial charge in [-0.3, -0.25) is 9.69 Å². The number of fused-ring (bicyclic) bond motifs is 1. The van der Waals surface area contributed by atoms with Crippen LogP contribution in [0.4, 0.5) is 5.69 Å². The molecule has 1 amide bonds. The van der Waals surface area contributed by atoms with Crippen LogP contribution in [0.5, 0.6) is 17.2 Å². The fourth-order valence-electron chi connectivity index (χ4n) is 3.82. The Bertz CT molecular complexity index is 863. The molecule has 30 heavy (non-hydrogen) atoms. The summed E-state index contributed by atoms with van der Waals surface area (Å²) in [4.78, 5) is 19.1. The third-order valence-electron chi connectivity index (χ3n) is 5.62. The number of carbonyl (C=O) groups is 1. The van der Waals surface area contributed by atoms with Crippen LogP contribution in [0.25, 0.3) is 0 Å². The summed E-state index contributed by atoms with van der Waals surface area (Å²) in [5.74, 6) is 2.52. The molecule has 7 heteroatoms. The number of carbonyl (C=O) groups excluding carboxylic acids is 1. The van der Waals surface area contributed by atoms with Gasteiger partial charge in [0.15, 0.2) is 11.5 Å². The van der Waals surface area contributed by atoms with Crippen molar-refractivity contribution in [1.82, 2.24) is 9.80 Å². The topological polar surface area (TPSA) is 54.5 Å². The van der Waals surface area contributed by atoms with Crippen molar-refractivity contribution in [3.8, 4) is 17.2 Å². The first-order chi connectivity index (χ1) is 14.6. The Morgan fingerprint density at radius 2 is 1.70 bits per heavy atom. The Morgan fingerprint density at radius 3 is 2.40 bits per heavy atom. The molecule has 2 aliphatic heterocycles. The molecule has 0 aliphatic carbocycles. The summed E-state index contributed by atoms with van der Waals surface area (Å²) in [7, 11) is 3.53. The van der Waals surface area contributed by atoms with Gasteiger partial charge in [0.1, 0.15) is 19.0 Å². The van der Waals surface area contributed by atoms with Crippen LogP contribution in [0, 0.1) is 0 Å². The molecular weight excluding hydrogens is 382 g/mol. The molecule has 0 N–H and O–H groups in total. The standard InChI is InChI=1S/C23H29N3O4/c1-24(16-18-3-8-21-22(15-18)30-14-13-29-21)23(27)17-25-9-11-26(12-10-25)19-4-6-20(28-2)7-5-19/h3-8,15H,9-14,16-17H2,1-2H3. The van der Waals surface area contributed by atoms with Crippen LogP contribution < -0.4 is 19.1 Å². The van der Waals surface area contributed by atoms with E-state index >= 15 is 0 Å². The van der Waals surface area contributed by atoms with E-state index < -0.39 is 0 Å². The van der Waals surface area contributed by atoms with Gasteiger partial charge in [-0.2, -0.15) is 0 Å². The van der Waals surface area contributed by atoms with Crippen molar-refractivity contribution in [3.63, 3.8) is 0 Å². The number of methoxy groups -OCH3 is 1. The van der Waals surface area contributed by atoms with Crippen molar-refractivity contribution >= 4 is 11.6 Å². The van der Waals surface area contributed by atoms with E-state index in [4.69, 9.17) is 14.2 Å². The number of rotatable bonds is 6. The van der Waals surface area contributed by atoms with Crippen molar-refractivity contribution in [1.29, 1.82) is 0 Å². The highest BCUT2D eigenvalue weighted by Crippen LogP contribution is 2.31.